The molecule has 0 fully saturated rings. The number of hydrogen-bond acceptors (Lipinski definition) is 4. The third-order valence-electron chi connectivity index (χ3n) is 4.06. The molecule has 0 aliphatic heterocycles. The molecule has 3 aromatic heterocycles. The lowest BCUT2D eigenvalue weighted by molar-refractivity contribution is 0.0929. The average molecular weight is 336 g/mol. The van der Waals surface area contributed by atoms with Crippen molar-refractivity contribution in [2.24, 2.45) is 0 Å². The first-order valence-corrected chi connectivity index (χ1v) is 8.75. The smallest absolute Gasteiger partial charge is 0.287 e. The maximum Gasteiger partial charge on any atom is 0.287 e. The van der Waals surface area contributed by atoms with Crippen LogP contribution in [0, 0.1) is 6.92 Å². The fraction of sp³-hybridized carbons (Fsp3) is 0.158. The summed E-state index contributed by atoms with van der Waals surface area (Å²) < 4.78 is 5.86. The van der Waals surface area contributed by atoms with Crippen LogP contribution >= 0.6 is 11.3 Å². The van der Waals surface area contributed by atoms with Crippen molar-refractivity contribution < 1.29 is 9.21 Å². The number of carbonyl (C=O) groups is 1. The molecule has 4 rings (SSSR count). The zero-order chi connectivity index (χ0) is 16.5. The van der Waals surface area contributed by atoms with E-state index in [1.807, 2.05) is 36.6 Å². The molecule has 24 heavy (non-hydrogen) atoms. The van der Waals surface area contributed by atoms with Crippen molar-refractivity contribution in [1.29, 1.82) is 0 Å². The molecule has 0 aliphatic carbocycles. The highest BCUT2D eigenvalue weighted by atomic mass is 32.1. The molecule has 0 atom stereocenters. The van der Waals surface area contributed by atoms with Gasteiger partial charge in [-0.3, -0.25) is 9.78 Å². The molecule has 0 unspecified atom stereocenters. The number of thiophene rings is 1. The Hall–Kier alpha value is -2.66. The molecule has 0 radical (unpaired) electrons. The van der Waals surface area contributed by atoms with Crippen molar-refractivity contribution in [3.8, 4) is 0 Å². The van der Waals surface area contributed by atoms with Gasteiger partial charge in [0.05, 0.1) is 5.52 Å². The van der Waals surface area contributed by atoms with Crippen LogP contribution in [0.25, 0.3) is 21.9 Å². The van der Waals surface area contributed by atoms with Gasteiger partial charge in [0, 0.05) is 23.0 Å². The quantitative estimate of drug-likeness (QED) is 0.604. The Bertz CT molecular complexity index is 1020. The summed E-state index contributed by atoms with van der Waals surface area (Å²) in [5, 5.41) is 8.86. The molecule has 0 saturated carbocycles. The number of aryl methyl sites for hydroxylation is 1. The second-order valence-electron chi connectivity index (χ2n) is 5.71. The Morgan fingerprint density at radius 2 is 2.12 bits per heavy atom. The van der Waals surface area contributed by atoms with Crippen LogP contribution in [0.2, 0.25) is 0 Å². The van der Waals surface area contributed by atoms with Gasteiger partial charge in [0.15, 0.2) is 5.76 Å². The van der Waals surface area contributed by atoms with E-state index in [2.05, 4.69) is 21.7 Å². The van der Waals surface area contributed by atoms with Crippen molar-refractivity contribution >= 4 is 39.1 Å². The second kappa shape index (κ2) is 6.09. The molecular formula is C19H16N2O2S. The van der Waals surface area contributed by atoms with Gasteiger partial charge in [-0.05, 0) is 53.9 Å². The summed E-state index contributed by atoms with van der Waals surface area (Å²) in [4.78, 5) is 16.9. The number of carbonyl (C=O) groups excluding carboxylic acids is 1. The van der Waals surface area contributed by atoms with E-state index in [9.17, 15) is 4.79 Å². The van der Waals surface area contributed by atoms with E-state index in [0.717, 1.165) is 34.0 Å². The summed E-state index contributed by atoms with van der Waals surface area (Å²) in [6, 6.07) is 11.7. The van der Waals surface area contributed by atoms with Gasteiger partial charge in [-0.2, -0.15) is 11.3 Å². The number of amides is 1. The number of pyridine rings is 1. The van der Waals surface area contributed by atoms with Crippen LogP contribution in [0.4, 0.5) is 0 Å². The lowest BCUT2D eigenvalue weighted by Crippen LogP contribution is -2.25. The maximum atomic E-state index is 12.4. The lowest BCUT2D eigenvalue weighted by atomic mass is 10.1. The van der Waals surface area contributed by atoms with Gasteiger partial charge in [-0.15, -0.1) is 0 Å². The maximum absolute atomic E-state index is 12.4. The molecule has 4 nitrogen and oxygen atoms in total. The van der Waals surface area contributed by atoms with Crippen molar-refractivity contribution in [2.75, 3.05) is 6.54 Å². The Balaban J connectivity index is 1.61. The van der Waals surface area contributed by atoms with E-state index in [-0.39, 0.29) is 5.91 Å². The summed E-state index contributed by atoms with van der Waals surface area (Å²) in [5.41, 5.74) is 3.70. The zero-order valence-electron chi connectivity index (χ0n) is 13.2. The van der Waals surface area contributed by atoms with Crippen molar-refractivity contribution in [2.45, 2.75) is 13.3 Å². The molecule has 3 heterocycles. The number of nitrogens with zero attached hydrogens (tertiary/aromatic N) is 1. The lowest BCUT2D eigenvalue weighted by Gasteiger charge is -2.01. The number of benzene rings is 1. The van der Waals surface area contributed by atoms with E-state index in [0.29, 0.717) is 12.3 Å². The summed E-state index contributed by atoms with van der Waals surface area (Å²) in [6.07, 6.45) is 0.818. The van der Waals surface area contributed by atoms with Crippen LogP contribution in [0.1, 0.15) is 21.8 Å². The first-order chi connectivity index (χ1) is 11.7. The summed E-state index contributed by atoms with van der Waals surface area (Å²) >= 11 is 1.66. The van der Waals surface area contributed by atoms with Gasteiger partial charge >= 0.3 is 0 Å². The predicted molar refractivity (Wildman–Crippen MR) is 96.6 cm³/mol. The highest BCUT2D eigenvalue weighted by Crippen LogP contribution is 2.29. The number of fused-ring (bicyclic) bond motifs is 3. The zero-order valence-corrected chi connectivity index (χ0v) is 14.0. The number of hydrogen-bond donors (Lipinski definition) is 1. The highest BCUT2D eigenvalue weighted by molar-refractivity contribution is 7.07. The topological polar surface area (TPSA) is 55.1 Å². The average Bonchev–Trinajstić information content (AvgIpc) is 3.25. The van der Waals surface area contributed by atoms with Gasteiger partial charge in [0.1, 0.15) is 5.58 Å². The fourth-order valence-electron chi connectivity index (χ4n) is 2.82. The molecule has 1 amide bonds. The first kappa shape index (κ1) is 14.9. The van der Waals surface area contributed by atoms with Crippen molar-refractivity contribution in [3.63, 3.8) is 0 Å². The third kappa shape index (κ3) is 2.67. The van der Waals surface area contributed by atoms with E-state index in [1.54, 1.807) is 17.4 Å². The molecule has 1 aromatic carbocycles. The van der Waals surface area contributed by atoms with E-state index in [1.165, 1.54) is 5.56 Å². The standard InChI is InChI=1S/C19H16N2O2S/c1-12-15-10-17(19(22)20-8-6-13-7-9-24-11-13)23-18(15)14-4-2-3-5-16(14)21-12/h2-5,7,9-11H,6,8H2,1H3,(H,20,22). The number of rotatable bonds is 4. The Kier molecular flexibility index (Phi) is 3.78. The molecule has 5 heteroatoms. The molecular weight excluding hydrogens is 320 g/mol. The summed E-state index contributed by atoms with van der Waals surface area (Å²) in [5.74, 6) is 0.140. The van der Waals surface area contributed by atoms with Crippen molar-refractivity contribution in [3.05, 3.63) is 64.2 Å². The van der Waals surface area contributed by atoms with Crippen LogP contribution in [0.15, 0.2) is 51.6 Å². The minimum atomic E-state index is -0.190. The Labute approximate surface area is 143 Å². The molecule has 0 bridgehead atoms. The fourth-order valence-corrected chi connectivity index (χ4v) is 3.52. The molecule has 4 aromatic rings. The minimum absolute atomic E-state index is 0.190. The van der Waals surface area contributed by atoms with E-state index >= 15 is 0 Å². The minimum Gasteiger partial charge on any atom is -0.450 e. The van der Waals surface area contributed by atoms with E-state index < -0.39 is 0 Å². The Morgan fingerprint density at radius 1 is 1.25 bits per heavy atom. The van der Waals surface area contributed by atoms with Gasteiger partial charge in [-0.1, -0.05) is 12.1 Å². The van der Waals surface area contributed by atoms with Crippen LogP contribution in [0.5, 0.6) is 0 Å². The van der Waals surface area contributed by atoms with E-state index in [4.69, 9.17) is 4.42 Å². The Morgan fingerprint density at radius 3 is 2.96 bits per heavy atom. The number of furan rings is 1. The normalized spacial score (nSPS) is 11.2. The van der Waals surface area contributed by atoms with Gasteiger partial charge in [0.2, 0.25) is 0 Å². The van der Waals surface area contributed by atoms with Crippen LogP contribution in [0.3, 0.4) is 0 Å². The SMILES string of the molecule is Cc1nc2ccccc2c2oc(C(=O)NCCc3ccsc3)cc12. The second-order valence-corrected chi connectivity index (χ2v) is 6.49. The number of aromatic nitrogens is 1. The van der Waals surface area contributed by atoms with Crippen LogP contribution in [-0.2, 0) is 6.42 Å². The first-order valence-electron chi connectivity index (χ1n) is 7.80. The van der Waals surface area contributed by atoms with Gasteiger partial charge in [0.25, 0.3) is 5.91 Å². The van der Waals surface area contributed by atoms with Crippen molar-refractivity contribution in [1.82, 2.24) is 10.3 Å². The third-order valence-corrected chi connectivity index (χ3v) is 4.79. The predicted octanol–water partition coefficient (Wildman–Crippen LogP) is 4.32. The van der Waals surface area contributed by atoms with Gasteiger partial charge in [-0.25, -0.2) is 0 Å². The molecule has 0 saturated heterocycles. The van der Waals surface area contributed by atoms with Crippen LogP contribution < -0.4 is 5.32 Å². The molecule has 1 N–H and O–H groups in total. The molecule has 0 aliphatic rings. The molecule has 0 spiro atoms. The molecule has 120 valence electrons. The monoisotopic (exact) mass is 336 g/mol. The highest BCUT2D eigenvalue weighted by Gasteiger charge is 2.16. The summed E-state index contributed by atoms with van der Waals surface area (Å²) in [6.45, 7) is 2.52. The van der Waals surface area contributed by atoms with Crippen LogP contribution in [-0.4, -0.2) is 17.4 Å². The number of nitrogens with one attached hydrogen (secondary N) is 1. The van der Waals surface area contributed by atoms with Gasteiger partial charge < -0.3 is 9.73 Å². The largest absolute Gasteiger partial charge is 0.450 e. The number of para-hydroxylation sites is 1. The summed E-state index contributed by atoms with van der Waals surface area (Å²) in [7, 11) is 0.